The van der Waals surface area contributed by atoms with E-state index < -0.39 is 61.5 Å². The predicted molar refractivity (Wildman–Crippen MR) is 104 cm³/mol. The van der Waals surface area contributed by atoms with Gasteiger partial charge in [0.1, 0.15) is 33.5 Å². The third-order valence-electron chi connectivity index (χ3n) is 4.53. The van der Waals surface area contributed by atoms with Crippen LogP contribution in [0.4, 0.5) is 4.39 Å². The van der Waals surface area contributed by atoms with Gasteiger partial charge in [-0.3, -0.25) is 23.7 Å². The maximum atomic E-state index is 15.8. The maximum Gasteiger partial charge on any atom is 0.480 e. The molecule has 1 aromatic heterocycles. The molecule has 170 valence electrons. The molecule has 1 fully saturated rings. The molecule has 1 unspecified atom stereocenters. The fraction of sp³-hybridized carbons (Fsp3) is 0.500. The normalized spacial score (nSPS) is 31.3. The van der Waals surface area contributed by atoms with Gasteiger partial charge in [0.2, 0.25) is 0 Å². The second kappa shape index (κ2) is 7.88. The van der Waals surface area contributed by atoms with Crippen LogP contribution in [0.1, 0.15) is 10.4 Å². The summed E-state index contributed by atoms with van der Waals surface area (Å²) in [5, 5.41) is 18.0. The number of alkyl halides is 1. The summed E-state index contributed by atoms with van der Waals surface area (Å²) >= 11 is 0. The van der Waals surface area contributed by atoms with Crippen molar-refractivity contribution >= 4 is 45.5 Å². The number of hydrogen-bond donors (Lipinski definition) is 6. The highest BCUT2D eigenvalue weighted by Gasteiger charge is 2.69. The average molecular weight is 486 g/mol. The van der Waals surface area contributed by atoms with Gasteiger partial charge in [0, 0.05) is 6.20 Å². The number of phosphoric ester groups is 1. The van der Waals surface area contributed by atoms with Crippen molar-refractivity contribution in [1.82, 2.24) is 9.55 Å². The second-order valence-electron chi connectivity index (χ2n) is 7.17. The lowest BCUT2D eigenvalue weighted by molar-refractivity contribution is -0.239. The number of aliphatic hydroxyl groups is 2. The zero-order chi connectivity index (χ0) is 24.2. The van der Waals surface area contributed by atoms with Crippen molar-refractivity contribution in [2.75, 3.05) is 0 Å². The number of aliphatic hydroxyl groups excluding tert-OH is 2. The fourth-order valence-electron chi connectivity index (χ4n) is 2.99. The van der Waals surface area contributed by atoms with Gasteiger partial charge < -0.3 is 29.6 Å². The Balaban J connectivity index is 2.54. The predicted octanol–water partition coefficient (Wildman–Crippen LogP) is -5.84. The lowest BCUT2D eigenvalue weighted by Crippen LogP contribution is -2.60. The van der Waals surface area contributed by atoms with Crippen LogP contribution in [0.3, 0.4) is 0 Å². The van der Waals surface area contributed by atoms with E-state index in [1.54, 1.807) is 4.98 Å². The Morgan fingerprint density at radius 3 is 2.29 bits per heavy atom. The zero-order valence-corrected chi connectivity index (χ0v) is 17.8. The summed E-state index contributed by atoms with van der Waals surface area (Å²) in [6.07, 6.45) is -4.20. The molecule has 2 heterocycles. The van der Waals surface area contributed by atoms with Crippen LogP contribution in [-0.4, -0.2) is 87.7 Å². The van der Waals surface area contributed by atoms with Crippen LogP contribution < -0.4 is 11.2 Å². The highest BCUT2D eigenvalue weighted by molar-refractivity contribution is 7.60. The molecule has 1 aliphatic rings. The van der Waals surface area contributed by atoms with Gasteiger partial charge in [-0.25, -0.2) is 18.3 Å². The Bertz CT molecular complexity index is 1110. The van der Waals surface area contributed by atoms with Crippen molar-refractivity contribution in [2.24, 2.45) is 0 Å². The summed E-state index contributed by atoms with van der Waals surface area (Å²) in [5.74, 6) is -3.60. The molecule has 1 aromatic rings. The summed E-state index contributed by atoms with van der Waals surface area (Å²) in [6, 6.07) is 0. The van der Waals surface area contributed by atoms with Crippen LogP contribution in [0.2, 0.25) is 0 Å². The van der Waals surface area contributed by atoms with Gasteiger partial charge in [-0.2, -0.15) is 4.31 Å². The second-order valence-corrected chi connectivity index (χ2v) is 9.92. The van der Waals surface area contributed by atoms with Gasteiger partial charge >= 0.3 is 21.3 Å². The number of aromatic amines is 1. The minimum atomic E-state index is -5.66. The molecule has 0 radical (unpaired) electrons. The molecule has 0 saturated carbocycles. The van der Waals surface area contributed by atoms with Gasteiger partial charge in [-0.15, -0.1) is 0 Å². The molecule has 0 aromatic carbocycles. The summed E-state index contributed by atoms with van der Waals surface area (Å²) in [7, 11) is -8.91. The maximum absolute atomic E-state index is 15.8. The third kappa shape index (κ3) is 4.71. The summed E-state index contributed by atoms with van der Waals surface area (Å²) < 4.78 is 51.9. The van der Waals surface area contributed by atoms with Crippen molar-refractivity contribution in [2.45, 2.75) is 29.1 Å². The van der Waals surface area contributed by atoms with Crippen LogP contribution in [0, 0.1) is 0 Å². The molecule has 5 atom stereocenters. The van der Waals surface area contributed by atoms with E-state index in [1.165, 1.54) is 0 Å². The van der Waals surface area contributed by atoms with Crippen molar-refractivity contribution in [3.8, 4) is 0 Å². The number of H-pyrrole nitrogens is 1. The van der Waals surface area contributed by atoms with Crippen LogP contribution in [0.5, 0.6) is 0 Å². The van der Waals surface area contributed by atoms with E-state index in [0.29, 0.717) is 26.5 Å². The SMILES string of the molecule is BC(B)(OP(=O)(O)OP(=O)(O)O)[C@@]1(F)O[C@@](B)(n2cc(C=O)c(=O)[nH]c2=O)[C@H](O)[C@@H]1O. The summed E-state index contributed by atoms with van der Waals surface area (Å²) in [4.78, 5) is 63.3. The van der Waals surface area contributed by atoms with Crippen molar-refractivity contribution in [3.63, 3.8) is 0 Å². The molecule has 1 saturated heterocycles. The molecule has 21 heteroatoms. The lowest BCUT2D eigenvalue weighted by atomic mass is 9.59. The number of rotatable bonds is 7. The first-order chi connectivity index (χ1) is 13.8. The first-order valence-electron chi connectivity index (χ1n) is 8.17. The minimum Gasteiger partial charge on any atom is -0.386 e. The van der Waals surface area contributed by atoms with Crippen LogP contribution in [-0.2, 0) is 28.3 Å². The van der Waals surface area contributed by atoms with E-state index in [2.05, 4.69) is 8.83 Å². The molecule has 0 bridgehead atoms. The van der Waals surface area contributed by atoms with Crippen LogP contribution in [0.25, 0.3) is 0 Å². The highest BCUT2D eigenvalue weighted by Crippen LogP contribution is 2.61. The van der Waals surface area contributed by atoms with E-state index in [9.17, 15) is 38.6 Å². The average Bonchev–Trinajstić information content (AvgIpc) is 2.74. The molecule has 15 nitrogen and oxygen atoms in total. The number of aromatic nitrogens is 2. The molecule has 0 aliphatic carbocycles. The van der Waals surface area contributed by atoms with Crippen LogP contribution in [0.15, 0.2) is 15.8 Å². The molecule has 0 amide bonds. The highest BCUT2D eigenvalue weighted by atomic mass is 31.3. The fourth-order valence-corrected chi connectivity index (χ4v) is 4.90. The monoisotopic (exact) mass is 486 g/mol. The number of aldehydes is 1. The number of nitrogens with one attached hydrogen (secondary N) is 1. The molecule has 31 heavy (non-hydrogen) atoms. The van der Waals surface area contributed by atoms with E-state index in [-0.39, 0.29) is 6.29 Å². The third-order valence-corrected chi connectivity index (χ3v) is 6.90. The molecular weight excluding hydrogens is 469 g/mol. The summed E-state index contributed by atoms with van der Waals surface area (Å²) in [5.41, 5.74) is -5.49. The Hall–Kier alpha value is -1.39. The zero-order valence-electron chi connectivity index (χ0n) is 16.0. The Morgan fingerprint density at radius 2 is 1.81 bits per heavy atom. The number of hydrogen-bond acceptors (Lipinski definition) is 10. The van der Waals surface area contributed by atoms with Gasteiger partial charge in [-0.1, -0.05) is 0 Å². The Morgan fingerprint density at radius 1 is 1.26 bits per heavy atom. The number of phosphoric acid groups is 2. The number of halogens is 1. The minimum absolute atomic E-state index is 0.0487. The van der Waals surface area contributed by atoms with Gasteiger partial charge in [0.25, 0.3) is 11.4 Å². The summed E-state index contributed by atoms with van der Waals surface area (Å²) in [6.45, 7) is 0. The van der Waals surface area contributed by atoms with Crippen LogP contribution >= 0.6 is 15.6 Å². The molecule has 6 N–H and O–H groups in total. The first kappa shape index (κ1) is 25.9. The van der Waals surface area contributed by atoms with Crippen molar-refractivity contribution < 1.29 is 56.8 Å². The van der Waals surface area contributed by atoms with E-state index in [4.69, 9.17) is 14.5 Å². The van der Waals surface area contributed by atoms with Gasteiger partial charge in [0.15, 0.2) is 14.1 Å². The van der Waals surface area contributed by atoms with Crippen molar-refractivity contribution in [3.05, 3.63) is 32.6 Å². The molecule has 1 aliphatic heterocycles. The number of nitrogens with zero attached hydrogens (tertiary/aromatic N) is 1. The van der Waals surface area contributed by atoms with E-state index in [0.717, 1.165) is 7.85 Å². The number of carbonyl (C=O) groups excluding carboxylic acids is 1. The topological polar surface area (TPSA) is 235 Å². The Kier molecular flexibility index (Phi) is 6.58. The molecular formula is C10H16B3FN2O13P2. The quantitative estimate of drug-likeness (QED) is 0.120. The lowest BCUT2D eigenvalue weighted by Gasteiger charge is -2.40. The van der Waals surface area contributed by atoms with Crippen molar-refractivity contribution in [1.29, 1.82) is 0 Å². The molecule has 2 rings (SSSR count). The number of carbonyl (C=O) groups is 1. The van der Waals surface area contributed by atoms with E-state index in [1.807, 2.05) is 0 Å². The van der Waals surface area contributed by atoms with E-state index >= 15 is 4.39 Å². The largest absolute Gasteiger partial charge is 0.480 e. The smallest absolute Gasteiger partial charge is 0.386 e. The van der Waals surface area contributed by atoms with Gasteiger partial charge in [0.05, 0.1) is 11.0 Å². The van der Waals surface area contributed by atoms with Gasteiger partial charge in [-0.05, 0) is 0 Å². The Labute approximate surface area is 174 Å². The number of ether oxygens (including phenoxy) is 1. The standard InChI is InChI=1S/C10H16B3FN2O13P2/c11-9(16-1-3(2-17)6(20)15-7(16)21)5(19)4(18)8(14,27-9)10(12,13)28-31(25,26)29-30(22,23)24/h1-2,4-5,18-19H,11-13H2,(H,25,26)(H,15,20,21)(H2,22,23,24)/t4-,5+,8-,9-/m0/s1. The molecule has 0 spiro atoms. The first-order valence-corrected chi connectivity index (χ1v) is 11.2.